The van der Waals surface area contributed by atoms with Crippen LogP contribution in [0, 0.1) is 12.7 Å². The molecule has 3 rings (SSSR count). The van der Waals surface area contributed by atoms with Crippen LogP contribution >= 0.6 is 12.4 Å². The van der Waals surface area contributed by atoms with Gasteiger partial charge in [-0.05, 0) is 43.1 Å². The Morgan fingerprint density at radius 1 is 1.45 bits per heavy atom. The number of fused-ring (bicyclic) bond motifs is 1. The summed E-state index contributed by atoms with van der Waals surface area (Å²) in [5, 5.41) is 9.95. The highest BCUT2D eigenvalue weighted by Crippen LogP contribution is 2.24. The molecule has 1 aromatic heterocycles. The van der Waals surface area contributed by atoms with Crippen molar-refractivity contribution in [3.8, 4) is 0 Å². The van der Waals surface area contributed by atoms with Gasteiger partial charge in [-0.1, -0.05) is 6.07 Å². The number of anilines is 1. The number of rotatable bonds is 2. The van der Waals surface area contributed by atoms with Gasteiger partial charge >= 0.3 is 0 Å². The minimum atomic E-state index is -0.356. The van der Waals surface area contributed by atoms with E-state index in [9.17, 15) is 9.18 Å². The van der Waals surface area contributed by atoms with E-state index in [0.717, 1.165) is 17.8 Å². The zero-order valence-corrected chi connectivity index (χ0v) is 13.3. The molecule has 0 spiro atoms. The number of halogens is 2. The lowest BCUT2D eigenvalue weighted by Crippen LogP contribution is -2.25. The van der Waals surface area contributed by atoms with E-state index in [1.54, 1.807) is 19.2 Å². The molecular weight excluding hydrogens is 307 g/mol. The van der Waals surface area contributed by atoms with Gasteiger partial charge in [-0.15, -0.1) is 12.4 Å². The summed E-state index contributed by atoms with van der Waals surface area (Å²) < 4.78 is 16.0. The van der Waals surface area contributed by atoms with Crippen molar-refractivity contribution in [2.75, 3.05) is 11.9 Å². The van der Waals surface area contributed by atoms with Crippen molar-refractivity contribution in [2.24, 2.45) is 7.05 Å². The molecule has 0 radical (unpaired) electrons. The molecule has 1 aliphatic rings. The van der Waals surface area contributed by atoms with Gasteiger partial charge in [0, 0.05) is 13.6 Å². The van der Waals surface area contributed by atoms with Crippen LogP contribution < -0.4 is 10.6 Å². The number of aryl methyl sites for hydroxylation is 2. The van der Waals surface area contributed by atoms with Crippen molar-refractivity contribution in [1.29, 1.82) is 0 Å². The van der Waals surface area contributed by atoms with Crippen molar-refractivity contribution < 1.29 is 9.18 Å². The summed E-state index contributed by atoms with van der Waals surface area (Å²) in [5.74, 6) is -0.688. The zero-order valence-electron chi connectivity index (χ0n) is 12.4. The molecule has 5 nitrogen and oxygen atoms in total. The fraction of sp³-hybridized carbons (Fsp3) is 0.333. The molecule has 7 heteroatoms. The molecule has 0 fully saturated rings. The van der Waals surface area contributed by atoms with E-state index in [-0.39, 0.29) is 29.8 Å². The Kier molecular flexibility index (Phi) is 4.83. The first-order chi connectivity index (χ1) is 10.1. The molecule has 1 aromatic carbocycles. The molecule has 118 valence electrons. The second-order valence-electron chi connectivity index (χ2n) is 5.24. The number of aromatic nitrogens is 2. The Labute approximate surface area is 134 Å². The van der Waals surface area contributed by atoms with Gasteiger partial charge in [-0.25, -0.2) is 4.39 Å². The maximum absolute atomic E-state index is 14.5. The first kappa shape index (κ1) is 16.5. The zero-order chi connectivity index (χ0) is 15.0. The third-order valence-electron chi connectivity index (χ3n) is 3.69. The van der Waals surface area contributed by atoms with E-state index < -0.39 is 0 Å². The van der Waals surface area contributed by atoms with Gasteiger partial charge in [-0.3, -0.25) is 9.48 Å². The quantitative estimate of drug-likeness (QED) is 0.890. The Hall–Kier alpha value is -1.92. The van der Waals surface area contributed by atoms with Crippen molar-refractivity contribution >= 4 is 24.0 Å². The Balaban J connectivity index is 0.00000176. The number of benzene rings is 1. The summed E-state index contributed by atoms with van der Waals surface area (Å²) in [4.78, 5) is 12.2. The van der Waals surface area contributed by atoms with E-state index >= 15 is 0 Å². The van der Waals surface area contributed by atoms with Crippen LogP contribution in [0.2, 0.25) is 0 Å². The van der Waals surface area contributed by atoms with Gasteiger partial charge in [0.15, 0.2) is 0 Å². The first-order valence-corrected chi connectivity index (χ1v) is 6.89. The normalized spacial score (nSPS) is 13.2. The van der Waals surface area contributed by atoms with Crippen LogP contribution in [0.25, 0.3) is 0 Å². The minimum absolute atomic E-state index is 0. The summed E-state index contributed by atoms with van der Waals surface area (Å²) in [6.45, 7) is 3.23. The maximum Gasteiger partial charge on any atom is 0.274 e. The maximum atomic E-state index is 14.5. The van der Waals surface area contributed by atoms with Gasteiger partial charge < -0.3 is 10.6 Å². The molecule has 0 unspecified atom stereocenters. The number of carbonyl (C=O) groups excluding carboxylic acids is 1. The van der Waals surface area contributed by atoms with Gasteiger partial charge in [0.05, 0.1) is 11.4 Å². The molecular formula is C15H18ClFN4O. The number of nitrogens with zero attached hydrogens (tertiary/aromatic N) is 2. The molecule has 1 aliphatic heterocycles. The number of carbonyl (C=O) groups is 1. The summed E-state index contributed by atoms with van der Waals surface area (Å²) in [7, 11) is 1.69. The van der Waals surface area contributed by atoms with E-state index in [2.05, 4.69) is 15.7 Å². The highest BCUT2D eigenvalue weighted by atomic mass is 35.5. The van der Waals surface area contributed by atoms with Gasteiger partial charge in [-0.2, -0.15) is 5.10 Å². The lowest BCUT2D eigenvalue weighted by atomic mass is 9.99. The predicted molar refractivity (Wildman–Crippen MR) is 85.0 cm³/mol. The Morgan fingerprint density at radius 2 is 2.23 bits per heavy atom. The lowest BCUT2D eigenvalue weighted by Gasteiger charge is -2.19. The highest BCUT2D eigenvalue weighted by Gasteiger charge is 2.19. The summed E-state index contributed by atoms with van der Waals surface area (Å²) in [5.41, 5.74) is 3.02. The Bertz CT molecular complexity index is 714. The lowest BCUT2D eigenvalue weighted by molar-refractivity contribution is 0.101. The molecule has 22 heavy (non-hydrogen) atoms. The van der Waals surface area contributed by atoms with Crippen LogP contribution in [0.3, 0.4) is 0 Å². The summed E-state index contributed by atoms with van der Waals surface area (Å²) >= 11 is 0. The number of hydrogen-bond donors (Lipinski definition) is 2. The molecule has 2 N–H and O–H groups in total. The fourth-order valence-electron chi connectivity index (χ4n) is 2.64. The highest BCUT2D eigenvalue weighted by molar-refractivity contribution is 6.03. The van der Waals surface area contributed by atoms with Crippen LogP contribution in [0.15, 0.2) is 18.2 Å². The van der Waals surface area contributed by atoms with Gasteiger partial charge in [0.2, 0.25) is 0 Å². The third kappa shape index (κ3) is 2.98. The molecule has 0 saturated carbocycles. The van der Waals surface area contributed by atoms with Gasteiger partial charge in [0.1, 0.15) is 11.5 Å². The van der Waals surface area contributed by atoms with Crippen LogP contribution in [-0.4, -0.2) is 22.2 Å². The summed E-state index contributed by atoms with van der Waals surface area (Å²) in [6, 6.07) is 5.15. The molecule has 2 aromatic rings. The van der Waals surface area contributed by atoms with Crippen LogP contribution in [0.4, 0.5) is 10.1 Å². The van der Waals surface area contributed by atoms with E-state index in [0.29, 0.717) is 24.2 Å². The second-order valence-corrected chi connectivity index (χ2v) is 5.24. The van der Waals surface area contributed by atoms with Crippen LogP contribution in [-0.2, 0) is 20.0 Å². The SMILES string of the molecule is Cc1cc(C(=O)Nc2ccc3c(c2F)CCNC3)n(C)n1.Cl. The van der Waals surface area contributed by atoms with Crippen molar-refractivity contribution in [3.05, 3.63) is 46.5 Å². The number of amides is 1. The molecule has 0 atom stereocenters. The molecule has 0 aliphatic carbocycles. The summed E-state index contributed by atoms with van der Waals surface area (Å²) in [6.07, 6.45) is 0.635. The average molecular weight is 325 g/mol. The molecule has 0 saturated heterocycles. The Morgan fingerprint density at radius 3 is 2.91 bits per heavy atom. The van der Waals surface area contributed by atoms with Crippen molar-refractivity contribution in [3.63, 3.8) is 0 Å². The minimum Gasteiger partial charge on any atom is -0.318 e. The molecule has 2 heterocycles. The average Bonchev–Trinajstić information content (AvgIpc) is 2.81. The van der Waals surface area contributed by atoms with E-state index in [4.69, 9.17) is 0 Å². The molecule has 1 amide bonds. The third-order valence-corrected chi connectivity index (χ3v) is 3.69. The van der Waals surface area contributed by atoms with Crippen molar-refractivity contribution in [2.45, 2.75) is 19.9 Å². The molecule has 0 bridgehead atoms. The standard InChI is InChI=1S/C15H17FN4O.ClH/c1-9-7-13(20(2)19-9)15(21)18-12-4-3-10-8-17-6-5-11(10)14(12)16;/h3-4,7,17H,5-6,8H2,1-2H3,(H,18,21);1H. The largest absolute Gasteiger partial charge is 0.318 e. The monoisotopic (exact) mass is 324 g/mol. The number of hydrogen-bond acceptors (Lipinski definition) is 3. The smallest absolute Gasteiger partial charge is 0.274 e. The first-order valence-electron chi connectivity index (χ1n) is 6.89. The van der Waals surface area contributed by atoms with E-state index in [1.807, 2.05) is 13.0 Å². The fourth-order valence-corrected chi connectivity index (χ4v) is 2.64. The predicted octanol–water partition coefficient (Wildman–Crippen LogP) is 2.19. The van der Waals surface area contributed by atoms with Crippen LogP contribution in [0.5, 0.6) is 0 Å². The number of nitrogens with one attached hydrogen (secondary N) is 2. The van der Waals surface area contributed by atoms with E-state index in [1.165, 1.54) is 4.68 Å². The van der Waals surface area contributed by atoms with Crippen LogP contribution in [0.1, 0.15) is 27.3 Å². The topological polar surface area (TPSA) is 59.0 Å². The second kappa shape index (κ2) is 6.46. The van der Waals surface area contributed by atoms with Crippen molar-refractivity contribution in [1.82, 2.24) is 15.1 Å². The van der Waals surface area contributed by atoms with Gasteiger partial charge in [0.25, 0.3) is 5.91 Å².